The lowest BCUT2D eigenvalue weighted by Gasteiger charge is -2.16. The molecule has 1 aliphatic carbocycles. The van der Waals surface area contributed by atoms with Crippen molar-refractivity contribution < 1.29 is 29.6 Å². The lowest BCUT2D eigenvalue weighted by atomic mass is 10.1. The van der Waals surface area contributed by atoms with Gasteiger partial charge in [-0.1, -0.05) is 67.5 Å². The molecular weight excluding hydrogens is 492 g/mol. The zero-order valence-corrected chi connectivity index (χ0v) is 24.2. The van der Waals surface area contributed by atoms with Crippen LogP contribution in [0.2, 0.25) is 0 Å². The Bertz CT molecular complexity index is 714. The molecule has 0 bridgehead atoms. The van der Waals surface area contributed by atoms with Crippen LogP contribution in [0.25, 0.3) is 0 Å². The number of unbranched alkanes of at least 4 members (excludes halogenated alkanes) is 2. The fraction of sp³-hybridized carbons (Fsp3) is 0.667. The van der Waals surface area contributed by atoms with Crippen LogP contribution in [-0.4, -0.2) is 47.1 Å². The van der Waals surface area contributed by atoms with Crippen molar-refractivity contribution in [3.8, 4) is 0 Å². The van der Waals surface area contributed by atoms with Gasteiger partial charge in [0, 0.05) is 19.6 Å². The second kappa shape index (κ2) is 25.0. The number of aryl methyl sites for hydroxylation is 1. The molecule has 2 aliphatic heterocycles. The Labute approximate surface area is 237 Å². The first-order chi connectivity index (χ1) is 19.0. The van der Waals surface area contributed by atoms with Crippen molar-refractivity contribution in [1.82, 2.24) is 0 Å². The van der Waals surface area contributed by atoms with Crippen LogP contribution in [0.5, 0.6) is 0 Å². The minimum absolute atomic E-state index is 0.282. The first-order valence-electron chi connectivity index (χ1n) is 15.1. The van der Waals surface area contributed by atoms with Gasteiger partial charge in [0.15, 0.2) is 12.6 Å². The highest BCUT2D eigenvalue weighted by molar-refractivity contribution is 5.66. The van der Waals surface area contributed by atoms with Crippen molar-refractivity contribution >= 4 is 5.97 Å². The van der Waals surface area contributed by atoms with Gasteiger partial charge < -0.3 is 24.8 Å². The maximum atomic E-state index is 9.94. The average molecular weight is 547 g/mol. The molecule has 6 heteroatoms. The van der Waals surface area contributed by atoms with Crippen LogP contribution < -0.4 is 0 Å². The normalized spacial score (nSPS) is 21.3. The van der Waals surface area contributed by atoms with Crippen molar-refractivity contribution in [3.63, 3.8) is 0 Å². The highest BCUT2D eigenvalue weighted by atomic mass is 16.6. The minimum Gasteiger partial charge on any atom is -0.481 e. The number of benzene rings is 1. The van der Waals surface area contributed by atoms with Crippen LogP contribution >= 0.6 is 0 Å². The third kappa shape index (κ3) is 22.5. The molecule has 2 atom stereocenters. The van der Waals surface area contributed by atoms with Gasteiger partial charge in [0.1, 0.15) is 0 Å². The van der Waals surface area contributed by atoms with E-state index in [0.717, 1.165) is 70.5 Å². The van der Waals surface area contributed by atoms with E-state index in [0.29, 0.717) is 0 Å². The summed E-state index contributed by atoms with van der Waals surface area (Å²) in [7, 11) is 0. The van der Waals surface area contributed by atoms with Crippen molar-refractivity contribution in [2.24, 2.45) is 5.92 Å². The maximum absolute atomic E-state index is 9.94. The predicted molar refractivity (Wildman–Crippen MR) is 158 cm³/mol. The SMILES string of the molecule is C(=C\C1CCCC1)/CCCc1ccccc1.C/C=C\CCCC(=O)O.OC1CCCCO1.OC1CCCCO1. The van der Waals surface area contributed by atoms with E-state index in [1.165, 1.54) is 50.5 Å². The summed E-state index contributed by atoms with van der Waals surface area (Å²) in [5, 5.41) is 25.6. The van der Waals surface area contributed by atoms with Crippen molar-refractivity contribution in [1.29, 1.82) is 0 Å². The summed E-state index contributed by atoms with van der Waals surface area (Å²) >= 11 is 0. The summed E-state index contributed by atoms with van der Waals surface area (Å²) in [6.45, 7) is 3.41. The van der Waals surface area contributed by atoms with E-state index in [4.69, 9.17) is 24.8 Å². The largest absolute Gasteiger partial charge is 0.481 e. The Hall–Kier alpha value is -1.99. The molecule has 0 aromatic heterocycles. The number of carboxylic acids is 1. The number of hydrogen-bond acceptors (Lipinski definition) is 5. The second-order valence-electron chi connectivity index (χ2n) is 10.3. The molecule has 3 N–H and O–H groups in total. The number of aliphatic carboxylic acids is 1. The molecule has 39 heavy (non-hydrogen) atoms. The van der Waals surface area contributed by atoms with E-state index in [-0.39, 0.29) is 6.42 Å². The molecule has 0 amide bonds. The van der Waals surface area contributed by atoms with E-state index in [9.17, 15) is 4.79 Å². The molecule has 1 saturated carbocycles. The second-order valence-corrected chi connectivity index (χ2v) is 10.3. The van der Waals surface area contributed by atoms with E-state index in [2.05, 4.69) is 42.5 Å². The summed E-state index contributed by atoms with van der Waals surface area (Å²) in [6.07, 6.45) is 25.3. The zero-order valence-electron chi connectivity index (χ0n) is 24.2. The third-order valence-corrected chi connectivity index (χ3v) is 6.80. The third-order valence-electron chi connectivity index (χ3n) is 6.80. The monoisotopic (exact) mass is 546 g/mol. The van der Waals surface area contributed by atoms with E-state index < -0.39 is 18.5 Å². The van der Waals surface area contributed by atoms with Crippen LogP contribution in [0, 0.1) is 5.92 Å². The van der Waals surface area contributed by atoms with Gasteiger partial charge in [-0.3, -0.25) is 4.79 Å². The van der Waals surface area contributed by atoms with Crippen LogP contribution in [-0.2, 0) is 20.7 Å². The lowest BCUT2D eigenvalue weighted by molar-refractivity contribution is -0.137. The highest BCUT2D eigenvalue weighted by Gasteiger charge is 2.10. The number of rotatable bonds is 9. The number of aliphatic hydroxyl groups is 2. The number of aliphatic hydroxyl groups excluding tert-OH is 2. The van der Waals surface area contributed by atoms with Crippen LogP contribution in [0.3, 0.4) is 0 Å². The van der Waals surface area contributed by atoms with Gasteiger partial charge in [0.25, 0.3) is 0 Å². The van der Waals surface area contributed by atoms with Crippen LogP contribution in [0.1, 0.15) is 109 Å². The van der Waals surface area contributed by atoms with Crippen molar-refractivity contribution in [2.75, 3.05) is 13.2 Å². The Morgan fingerprint density at radius 2 is 1.38 bits per heavy atom. The van der Waals surface area contributed by atoms with Gasteiger partial charge in [-0.2, -0.15) is 0 Å². The van der Waals surface area contributed by atoms with Gasteiger partial charge in [-0.15, -0.1) is 0 Å². The van der Waals surface area contributed by atoms with Gasteiger partial charge in [-0.05, 0) is 102 Å². The fourth-order valence-corrected chi connectivity index (χ4v) is 4.49. The number of hydrogen-bond donors (Lipinski definition) is 3. The quantitative estimate of drug-likeness (QED) is 0.218. The molecule has 3 aliphatic rings. The topological polar surface area (TPSA) is 96.2 Å². The predicted octanol–water partition coefficient (Wildman–Crippen LogP) is 7.58. The molecule has 1 aromatic carbocycles. The van der Waals surface area contributed by atoms with Crippen LogP contribution in [0.15, 0.2) is 54.6 Å². The number of carbonyl (C=O) groups is 1. The average Bonchev–Trinajstić information content (AvgIpc) is 3.47. The Kier molecular flexibility index (Phi) is 22.5. The molecule has 6 nitrogen and oxygen atoms in total. The fourth-order valence-electron chi connectivity index (χ4n) is 4.49. The van der Waals surface area contributed by atoms with Gasteiger partial charge >= 0.3 is 5.97 Å². The molecule has 2 heterocycles. The Morgan fingerprint density at radius 1 is 0.821 bits per heavy atom. The van der Waals surface area contributed by atoms with E-state index in [1.54, 1.807) is 0 Å². The summed E-state index contributed by atoms with van der Waals surface area (Å²) in [6, 6.07) is 10.8. The summed E-state index contributed by atoms with van der Waals surface area (Å²) < 4.78 is 9.67. The molecule has 1 aromatic rings. The smallest absolute Gasteiger partial charge is 0.303 e. The highest BCUT2D eigenvalue weighted by Crippen LogP contribution is 2.25. The van der Waals surface area contributed by atoms with E-state index >= 15 is 0 Å². The van der Waals surface area contributed by atoms with Crippen molar-refractivity contribution in [3.05, 3.63) is 60.2 Å². The lowest BCUT2D eigenvalue weighted by Crippen LogP contribution is -2.17. The molecule has 2 saturated heterocycles. The zero-order chi connectivity index (χ0) is 28.4. The molecule has 0 spiro atoms. The van der Waals surface area contributed by atoms with E-state index in [1.807, 2.05) is 19.1 Å². The first kappa shape index (κ1) is 35.0. The minimum atomic E-state index is -0.709. The molecular formula is C33H54O6. The summed E-state index contributed by atoms with van der Waals surface area (Å²) in [5.41, 5.74) is 1.47. The van der Waals surface area contributed by atoms with Gasteiger partial charge in [0.2, 0.25) is 0 Å². The number of ether oxygens (including phenoxy) is 2. The standard InChI is InChI=1S/C16H22.C7H12O2.2C5H10O2/c1-3-9-15(10-4-1)11-5-2-6-12-16-13-7-8-14-16;1-2-3-4-5-6-7(8)9;2*6-5-3-1-2-4-7-5/h1,3-4,6,9-10,12,16H,2,5,7-8,11,13-14H2;2-3H,4-6H2,1H3,(H,8,9);2*5-6H,1-4H2/b12-6+;3-2-;;. The Balaban J connectivity index is 0.000000281. The molecule has 3 fully saturated rings. The molecule has 4 rings (SSSR count). The summed E-state index contributed by atoms with van der Waals surface area (Å²) in [4.78, 5) is 9.94. The molecule has 0 radical (unpaired) electrons. The maximum Gasteiger partial charge on any atom is 0.303 e. The first-order valence-corrected chi connectivity index (χ1v) is 15.1. The molecule has 222 valence electrons. The van der Waals surface area contributed by atoms with Crippen LogP contribution in [0.4, 0.5) is 0 Å². The number of allylic oxidation sites excluding steroid dienone is 4. The van der Waals surface area contributed by atoms with Gasteiger partial charge in [0.05, 0.1) is 0 Å². The molecule has 2 unspecified atom stereocenters. The van der Waals surface area contributed by atoms with Gasteiger partial charge in [-0.25, -0.2) is 0 Å². The number of carboxylic acid groups (broad SMARTS) is 1. The van der Waals surface area contributed by atoms with Crippen molar-refractivity contribution in [2.45, 2.75) is 122 Å². The summed E-state index contributed by atoms with van der Waals surface area (Å²) in [5.74, 6) is 0.191. The Morgan fingerprint density at radius 3 is 1.85 bits per heavy atom.